The molecule has 0 spiro atoms. The van der Waals surface area contributed by atoms with Crippen LogP contribution in [0.4, 0.5) is 0 Å². The summed E-state index contributed by atoms with van der Waals surface area (Å²) in [5.41, 5.74) is 9.31. The van der Waals surface area contributed by atoms with Crippen molar-refractivity contribution in [2.75, 3.05) is 0 Å². The molecule has 4 aromatic heterocycles. The van der Waals surface area contributed by atoms with Gasteiger partial charge in [-0.2, -0.15) is 0 Å². The second-order valence-electron chi connectivity index (χ2n) is 11.8. The molecule has 0 aliphatic rings. The van der Waals surface area contributed by atoms with E-state index in [-0.39, 0.29) is 0 Å². The molecule has 0 fully saturated rings. The Morgan fingerprint density at radius 1 is 0.417 bits per heavy atom. The molecule has 0 saturated carbocycles. The maximum Gasteiger partial charge on any atom is 0.160 e. The maximum atomic E-state index is 6.19. The quantitative estimate of drug-likeness (QED) is 0.193. The van der Waals surface area contributed by atoms with Gasteiger partial charge in [0.15, 0.2) is 11.6 Å². The fourth-order valence-electron chi connectivity index (χ4n) is 6.58. The monoisotopic (exact) mass is 632 g/mol. The van der Waals surface area contributed by atoms with Crippen molar-refractivity contribution in [3.63, 3.8) is 0 Å². The number of hydrogen-bond donors (Lipinski definition) is 0. The van der Waals surface area contributed by atoms with Crippen LogP contribution in [0.3, 0.4) is 0 Å². The smallest absolute Gasteiger partial charge is 0.160 e. The van der Waals surface area contributed by atoms with Gasteiger partial charge in [-0.05, 0) is 30.3 Å². The minimum absolute atomic E-state index is 0.653. The Labute approximate surface area is 278 Å². The topological polar surface area (TPSA) is 64.7 Å². The van der Waals surface area contributed by atoms with Crippen molar-refractivity contribution in [1.29, 1.82) is 0 Å². The normalized spacial score (nSPS) is 11.8. The van der Waals surface area contributed by atoms with Crippen LogP contribution in [0.2, 0.25) is 0 Å². The van der Waals surface area contributed by atoms with Gasteiger partial charge in [0.05, 0.1) is 27.1 Å². The second kappa shape index (κ2) is 10.7. The fourth-order valence-corrected chi connectivity index (χ4v) is 7.73. The zero-order valence-corrected chi connectivity index (χ0v) is 26.3. The summed E-state index contributed by atoms with van der Waals surface area (Å²) < 4.78 is 8.49. The Morgan fingerprint density at radius 3 is 1.92 bits per heavy atom. The van der Waals surface area contributed by atoms with E-state index < -0.39 is 0 Å². The molecule has 0 N–H and O–H groups in total. The molecule has 0 saturated heterocycles. The largest absolute Gasteiger partial charge is 0.456 e. The van der Waals surface area contributed by atoms with E-state index >= 15 is 0 Å². The van der Waals surface area contributed by atoms with E-state index in [4.69, 9.17) is 24.4 Å². The van der Waals surface area contributed by atoms with Crippen molar-refractivity contribution in [3.05, 3.63) is 146 Å². The molecule has 5 nitrogen and oxygen atoms in total. The number of hydrogen-bond acceptors (Lipinski definition) is 6. The van der Waals surface area contributed by atoms with Gasteiger partial charge in [0.1, 0.15) is 11.2 Å². The van der Waals surface area contributed by atoms with Crippen molar-refractivity contribution in [2.24, 2.45) is 0 Å². The lowest BCUT2D eigenvalue weighted by Gasteiger charge is -2.11. The summed E-state index contributed by atoms with van der Waals surface area (Å²) in [6, 6.07) is 49.7. The third-order valence-corrected chi connectivity index (χ3v) is 10.1. The molecular weight excluding hydrogens is 609 g/mol. The molecule has 4 heterocycles. The lowest BCUT2D eigenvalue weighted by molar-refractivity contribution is 0.669. The van der Waals surface area contributed by atoms with Crippen LogP contribution in [0.5, 0.6) is 0 Å². The SMILES string of the molecule is c1ccc(-c2nc(-c3ccc(-c4nc(-c5ccc6c(c5)oc5ccccc56)nc5ccccc45)cc3)nc3c2sc2ccccc23)cc1. The van der Waals surface area contributed by atoms with Crippen LogP contribution < -0.4 is 0 Å². The molecule has 0 radical (unpaired) electrons. The Balaban J connectivity index is 1.10. The van der Waals surface area contributed by atoms with Crippen LogP contribution in [0.15, 0.2) is 150 Å². The average Bonchev–Trinajstić information content (AvgIpc) is 3.72. The van der Waals surface area contributed by atoms with E-state index in [1.807, 2.05) is 48.5 Å². The van der Waals surface area contributed by atoms with Crippen LogP contribution in [-0.2, 0) is 0 Å². The maximum absolute atomic E-state index is 6.19. The van der Waals surface area contributed by atoms with E-state index in [9.17, 15) is 0 Å². The molecule has 0 amide bonds. The minimum atomic E-state index is 0.653. The highest BCUT2D eigenvalue weighted by molar-refractivity contribution is 7.26. The number of aromatic nitrogens is 4. The first-order valence-electron chi connectivity index (χ1n) is 15.8. The number of para-hydroxylation sites is 2. The van der Waals surface area contributed by atoms with Gasteiger partial charge in [0, 0.05) is 48.5 Å². The highest BCUT2D eigenvalue weighted by Crippen LogP contribution is 2.40. The van der Waals surface area contributed by atoms with Crippen LogP contribution >= 0.6 is 11.3 Å². The predicted octanol–water partition coefficient (Wildman–Crippen LogP) is 11.4. The summed E-state index contributed by atoms with van der Waals surface area (Å²) in [5, 5.41) is 4.33. The van der Waals surface area contributed by atoms with E-state index in [1.54, 1.807) is 11.3 Å². The number of furan rings is 1. The number of rotatable bonds is 4. The highest BCUT2D eigenvalue weighted by Gasteiger charge is 2.18. The van der Waals surface area contributed by atoms with Crippen molar-refractivity contribution in [1.82, 2.24) is 19.9 Å². The molecule has 0 atom stereocenters. The molecule has 10 rings (SSSR count). The van der Waals surface area contributed by atoms with Gasteiger partial charge in [-0.1, -0.05) is 115 Å². The van der Waals surface area contributed by atoms with Crippen molar-refractivity contribution in [2.45, 2.75) is 0 Å². The van der Waals surface area contributed by atoms with E-state index in [0.29, 0.717) is 11.6 Å². The van der Waals surface area contributed by atoms with Crippen molar-refractivity contribution < 1.29 is 4.42 Å². The first kappa shape index (κ1) is 26.9. The fraction of sp³-hybridized carbons (Fsp3) is 0. The summed E-state index contributed by atoms with van der Waals surface area (Å²) in [5.74, 6) is 1.35. The molecule has 0 aliphatic carbocycles. The average molecular weight is 633 g/mol. The van der Waals surface area contributed by atoms with Crippen LogP contribution in [0.1, 0.15) is 0 Å². The third-order valence-electron chi connectivity index (χ3n) is 8.92. The van der Waals surface area contributed by atoms with Gasteiger partial charge < -0.3 is 4.42 Å². The number of benzene rings is 6. The molecule has 6 heteroatoms. The van der Waals surface area contributed by atoms with Crippen LogP contribution in [-0.4, -0.2) is 19.9 Å². The highest BCUT2D eigenvalue weighted by atomic mass is 32.1. The second-order valence-corrected chi connectivity index (χ2v) is 12.9. The molecule has 224 valence electrons. The van der Waals surface area contributed by atoms with E-state index in [2.05, 4.69) is 97.1 Å². The van der Waals surface area contributed by atoms with Crippen LogP contribution in [0.25, 0.3) is 98.4 Å². The Kier molecular flexibility index (Phi) is 5.98. The molecule has 0 bridgehead atoms. The zero-order valence-electron chi connectivity index (χ0n) is 25.5. The first-order valence-corrected chi connectivity index (χ1v) is 16.6. The van der Waals surface area contributed by atoms with Gasteiger partial charge in [-0.25, -0.2) is 19.9 Å². The number of fused-ring (bicyclic) bond motifs is 7. The van der Waals surface area contributed by atoms with Gasteiger partial charge >= 0.3 is 0 Å². The summed E-state index contributed by atoms with van der Waals surface area (Å²) in [4.78, 5) is 20.4. The molecule has 0 unspecified atom stereocenters. The van der Waals surface area contributed by atoms with Gasteiger partial charge in [0.25, 0.3) is 0 Å². The van der Waals surface area contributed by atoms with Gasteiger partial charge in [-0.3, -0.25) is 0 Å². The molecule has 0 aliphatic heterocycles. The van der Waals surface area contributed by atoms with Crippen molar-refractivity contribution in [3.8, 4) is 45.3 Å². The van der Waals surface area contributed by atoms with Gasteiger partial charge in [-0.15, -0.1) is 11.3 Å². The lowest BCUT2D eigenvalue weighted by atomic mass is 10.0. The summed E-state index contributed by atoms with van der Waals surface area (Å²) in [6.07, 6.45) is 0. The van der Waals surface area contributed by atoms with E-state index in [1.165, 1.54) is 4.70 Å². The van der Waals surface area contributed by atoms with E-state index in [0.717, 1.165) is 82.1 Å². The minimum Gasteiger partial charge on any atom is -0.456 e. The predicted molar refractivity (Wildman–Crippen MR) is 197 cm³/mol. The number of thiophene rings is 1. The zero-order chi connectivity index (χ0) is 31.6. The number of nitrogens with zero attached hydrogens (tertiary/aromatic N) is 4. The van der Waals surface area contributed by atoms with Gasteiger partial charge in [0.2, 0.25) is 0 Å². The van der Waals surface area contributed by atoms with Crippen molar-refractivity contribution >= 4 is 64.5 Å². The molecule has 10 aromatic rings. The Hall–Kier alpha value is -6.24. The Morgan fingerprint density at radius 2 is 1.04 bits per heavy atom. The summed E-state index contributed by atoms with van der Waals surface area (Å²) >= 11 is 1.74. The van der Waals surface area contributed by atoms with Crippen LogP contribution in [0, 0.1) is 0 Å². The standard InChI is InChI=1S/C42H24N4OS/c1-2-10-25(11-3-1)38-40-39(32-14-6-9-17-36(32)48-40)46-41(45-38)27-20-18-26(19-21-27)37-31-13-4-7-15-33(31)43-42(44-37)28-22-23-30-29-12-5-8-16-34(29)47-35(30)24-28/h1-24H. The molecular formula is C42H24N4OS. The Bertz CT molecular complexity index is 2840. The summed E-state index contributed by atoms with van der Waals surface area (Å²) in [6.45, 7) is 0. The lowest BCUT2D eigenvalue weighted by Crippen LogP contribution is -1.96. The molecule has 48 heavy (non-hydrogen) atoms. The summed E-state index contributed by atoms with van der Waals surface area (Å²) in [7, 11) is 0. The molecule has 6 aromatic carbocycles. The third kappa shape index (κ3) is 4.31. The first-order chi connectivity index (χ1) is 23.8.